The maximum absolute atomic E-state index is 14.2. The molecule has 1 amide bonds. The minimum absolute atomic E-state index is 0.0163. The van der Waals surface area contributed by atoms with E-state index in [-0.39, 0.29) is 11.7 Å². The molecule has 3 aliphatic rings. The Bertz CT molecular complexity index is 834. The number of benzene rings is 1. The van der Waals surface area contributed by atoms with E-state index in [0.29, 0.717) is 23.2 Å². The molecule has 5 rings (SSSR count). The van der Waals surface area contributed by atoms with Gasteiger partial charge in [0.2, 0.25) is 0 Å². The highest BCUT2D eigenvalue weighted by atomic mass is 19.1. The van der Waals surface area contributed by atoms with Gasteiger partial charge >= 0.3 is 0 Å². The van der Waals surface area contributed by atoms with Gasteiger partial charge in [0.05, 0.1) is 0 Å². The molecule has 0 radical (unpaired) electrons. The third-order valence-electron chi connectivity index (χ3n) is 5.89. The fourth-order valence-electron chi connectivity index (χ4n) is 4.60. The van der Waals surface area contributed by atoms with E-state index in [2.05, 4.69) is 10.4 Å². The number of carbonyl (C=O) groups is 1. The lowest BCUT2D eigenvalue weighted by Gasteiger charge is -2.16. The third-order valence-corrected chi connectivity index (χ3v) is 5.89. The van der Waals surface area contributed by atoms with Crippen molar-refractivity contribution < 1.29 is 9.18 Å². The van der Waals surface area contributed by atoms with Crippen LogP contribution in [0.2, 0.25) is 0 Å². The summed E-state index contributed by atoms with van der Waals surface area (Å²) in [7, 11) is 0. The number of likely N-dealkylation sites (tertiary alicyclic amines) is 1. The number of halogens is 1. The smallest absolute Gasteiger partial charge is 0.274 e. The van der Waals surface area contributed by atoms with Crippen LogP contribution in [0, 0.1) is 17.7 Å². The average Bonchev–Trinajstić information content (AvgIpc) is 3.35. The van der Waals surface area contributed by atoms with Crippen molar-refractivity contribution >= 4 is 5.91 Å². The number of para-hydroxylation sites is 1. The Morgan fingerprint density at radius 2 is 1.92 bits per heavy atom. The summed E-state index contributed by atoms with van der Waals surface area (Å²) < 4.78 is 15.9. The molecule has 130 valence electrons. The van der Waals surface area contributed by atoms with E-state index in [9.17, 15) is 9.18 Å². The molecule has 2 aromatic rings. The molecule has 0 unspecified atom stereocenters. The lowest BCUT2D eigenvalue weighted by Crippen LogP contribution is -2.32. The van der Waals surface area contributed by atoms with Crippen molar-refractivity contribution in [3.63, 3.8) is 0 Å². The van der Waals surface area contributed by atoms with Crippen molar-refractivity contribution in [3.05, 3.63) is 47.0 Å². The van der Waals surface area contributed by atoms with E-state index in [1.807, 2.05) is 4.90 Å². The van der Waals surface area contributed by atoms with Crippen LogP contribution in [0.15, 0.2) is 24.3 Å². The Morgan fingerprint density at radius 1 is 1.16 bits per heavy atom. The van der Waals surface area contributed by atoms with Gasteiger partial charge in [-0.15, -0.1) is 0 Å². The molecule has 2 atom stereocenters. The minimum atomic E-state index is -0.305. The fourth-order valence-corrected chi connectivity index (χ4v) is 4.60. The molecule has 6 heteroatoms. The summed E-state index contributed by atoms with van der Waals surface area (Å²) in [5, 5.41) is 7.97. The maximum Gasteiger partial charge on any atom is 0.274 e. The van der Waals surface area contributed by atoms with Gasteiger partial charge in [0, 0.05) is 37.4 Å². The number of hydrogen-bond acceptors (Lipinski definition) is 3. The molecule has 3 heterocycles. The van der Waals surface area contributed by atoms with Crippen LogP contribution in [0.5, 0.6) is 0 Å². The molecule has 1 N–H and O–H groups in total. The zero-order valence-corrected chi connectivity index (χ0v) is 14.0. The Kier molecular flexibility index (Phi) is 3.41. The molecule has 2 saturated heterocycles. The molecule has 0 saturated carbocycles. The summed E-state index contributed by atoms with van der Waals surface area (Å²) in [6.45, 7) is 3.60. The van der Waals surface area contributed by atoms with Crippen molar-refractivity contribution in [1.82, 2.24) is 20.0 Å². The number of hydrogen-bond donors (Lipinski definition) is 1. The number of nitrogens with one attached hydrogen (secondary N) is 1. The highest BCUT2D eigenvalue weighted by Crippen LogP contribution is 2.32. The Morgan fingerprint density at radius 3 is 2.68 bits per heavy atom. The number of carbonyl (C=O) groups excluding carboxylic acids is 1. The van der Waals surface area contributed by atoms with Crippen LogP contribution in [-0.2, 0) is 12.8 Å². The zero-order valence-electron chi connectivity index (χ0n) is 14.0. The maximum atomic E-state index is 14.2. The van der Waals surface area contributed by atoms with Crippen molar-refractivity contribution in [1.29, 1.82) is 0 Å². The number of fused-ring (bicyclic) bond motifs is 2. The Labute approximate surface area is 145 Å². The summed E-state index contributed by atoms with van der Waals surface area (Å²) >= 11 is 0. The first kappa shape index (κ1) is 15.1. The summed E-state index contributed by atoms with van der Waals surface area (Å²) in [6.07, 6.45) is 2.70. The van der Waals surface area contributed by atoms with Crippen LogP contribution >= 0.6 is 0 Å². The first-order valence-electron chi connectivity index (χ1n) is 9.08. The van der Waals surface area contributed by atoms with Gasteiger partial charge in [-0.2, -0.15) is 5.10 Å². The average molecular weight is 340 g/mol. The lowest BCUT2D eigenvalue weighted by molar-refractivity contribution is 0.0774. The van der Waals surface area contributed by atoms with Crippen LogP contribution < -0.4 is 5.32 Å². The predicted molar refractivity (Wildman–Crippen MR) is 91.3 cm³/mol. The molecule has 5 nitrogen and oxygen atoms in total. The Balaban J connectivity index is 1.51. The van der Waals surface area contributed by atoms with E-state index in [4.69, 9.17) is 0 Å². The zero-order chi connectivity index (χ0) is 17.0. The van der Waals surface area contributed by atoms with E-state index in [1.165, 1.54) is 6.07 Å². The van der Waals surface area contributed by atoms with Gasteiger partial charge in [0.1, 0.15) is 11.5 Å². The number of nitrogens with zero attached hydrogens (tertiary/aromatic N) is 3. The van der Waals surface area contributed by atoms with Crippen LogP contribution in [0.4, 0.5) is 4.39 Å². The van der Waals surface area contributed by atoms with E-state index in [1.54, 1.807) is 22.9 Å². The highest BCUT2D eigenvalue weighted by Gasteiger charge is 2.40. The van der Waals surface area contributed by atoms with Gasteiger partial charge in [-0.3, -0.25) is 4.79 Å². The van der Waals surface area contributed by atoms with Crippen molar-refractivity contribution in [2.24, 2.45) is 11.8 Å². The van der Waals surface area contributed by atoms with Crippen molar-refractivity contribution in [2.45, 2.75) is 19.3 Å². The van der Waals surface area contributed by atoms with Gasteiger partial charge in [-0.1, -0.05) is 12.1 Å². The van der Waals surface area contributed by atoms with Crippen LogP contribution in [0.1, 0.15) is 28.2 Å². The van der Waals surface area contributed by atoms with Gasteiger partial charge < -0.3 is 10.2 Å². The predicted octanol–water partition coefficient (Wildman–Crippen LogP) is 1.79. The molecular formula is C19H21FN4O. The second-order valence-corrected chi connectivity index (χ2v) is 7.38. The van der Waals surface area contributed by atoms with Gasteiger partial charge in [-0.25, -0.2) is 9.07 Å². The summed E-state index contributed by atoms with van der Waals surface area (Å²) in [5.41, 5.74) is 2.98. The molecule has 2 aliphatic heterocycles. The second-order valence-electron chi connectivity index (χ2n) is 7.38. The minimum Gasteiger partial charge on any atom is -0.337 e. The number of aromatic nitrogens is 2. The van der Waals surface area contributed by atoms with Crippen molar-refractivity contribution in [3.8, 4) is 5.69 Å². The summed E-state index contributed by atoms with van der Waals surface area (Å²) in [5.74, 6) is 0.833. The SMILES string of the molecule is O=C(c1nn(-c2ccccc2F)c2c1CCC2)N1C[C@H]2CNC[C@H]2C1. The van der Waals surface area contributed by atoms with E-state index < -0.39 is 0 Å². The van der Waals surface area contributed by atoms with E-state index in [0.717, 1.165) is 56.7 Å². The highest BCUT2D eigenvalue weighted by molar-refractivity contribution is 5.94. The molecule has 1 aromatic carbocycles. The number of amides is 1. The van der Waals surface area contributed by atoms with Crippen LogP contribution in [0.25, 0.3) is 5.69 Å². The van der Waals surface area contributed by atoms with Crippen LogP contribution in [0.3, 0.4) is 0 Å². The van der Waals surface area contributed by atoms with Crippen molar-refractivity contribution in [2.75, 3.05) is 26.2 Å². The van der Waals surface area contributed by atoms with Gasteiger partial charge in [0.15, 0.2) is 5.69 Å². The van der Waals surface area contributed by atoms with Gasteiger partial charge in [-0.05, 0) is 43.2 Å². The normalized spacial score (nSPS) is 24.6. The molecule has 2 fully saturated rings. The first-order valence-corrected chi connectivity index (χ1v) is 9.08. The quantitative estimate of drug-likeness (QED) is 0.907. The molecule has 0 bridgehead atoms. The standard InChI is InChI=1S/C19H21FN4O/c20-15-5-1-2-6-17(15)24-16-7-3-4-14(16)18(22-24)19(25)23-10-12-8-21-9-13(12)11-23/h1-2,5-6,12-13,21H,3-4,7-11H2/t12-,13+. The third kappa shape index (κ3) is 2.31. The fraction of sp³-hybridized carbons (Fsp3) is 0.474. The molecule has 1 aliphatic carbocycles. The topological polar surface area (TPSA) is 50.2 Å². The molecule has 25 heavy (non-hydrogen) atoms. The first-order chi connectivity index (χ1) is 12.2. The van der Waals surface area contributed by atoms with Gasteiger partial charge in [0.25, 0.3) is 5.91 Å². The Hall–Kier alpha value is -2.21. The number of rotatable bonds is 2. The lowest BCUT2D eigenvalue weighted by atomic mass is 10.0. The van der Waals surface area contributed by atoms with E-state index >= 15 is 0 Å². The largest absolute Gasteiger partial charge is 0.337 e. The molecular weight excluding hydrogens is 319 g/mol. The molecule has 1 aromatic heterocycles. The summed E-state index contributed by atoms with van der Waals surface area (Å²) in [6, 6.07) is 6.64. The molecule has 0 spiro atoms. The van der Waals surface area contributed by atoms with Crippen LogP contribution in [-0.4, -0.2) is 46.8 Å². The monoisotopic (exact) mass is 340 g/mol. The summed E-state index contributed by atoms with van der Waals surface area (Å²) in [4.78, 5) is 15.1. The second kappa shape index (κ2) is 5.66.